The zero-order valence-electron chi connectivity index (χ0n) is 20.6. The van der Waals surface area contributed by atoms with E-state index in [-0.39, 0.29) is 47.9 Å². The number of alkyl halides is 2. The number of hydrogen-bond donors (Lipinski definition) is 3. The summed E-state index contributed by atoms with van der Waals surface area (Å²) in [4.78, 5) is 24.6. The zero-order valence-corrected chi connectivity index (χ0v) is 17.6. The maximum atomic E-state index is 13.7. The fourth-order valence-electron chi connectivity index (χ4n) is 3.56. The van der Waals surface area contributed by atoms with E-state index >= 15 is 0 Å². The third-order valence-corrected chi connectivity index (χ3v) is 5.56. The molecule has 1 atom stereocenters. The lowest BCUT2D eigenvalue weighted by atomic mass is 10.0. The molecule has 2 amide bonds. The summed E-state index contributed by atoms with van der Waals surface area (Å²) in [5, 5.41) is 6.78. The van der Waals surface area contributed by atoms with Gasteiger partial charge in [0, 0.05) is 24.4 Å². The van der Waals surface area contributed by atoms with Crippen LogP contribution in [0.4, 0.5) is 19.0 Å². The number of nitrogen functional groups attached to an aromatic ring is 1. The van der Waals surface area contributed by atoms with Gasteiger partial charge in [0.25, 0.3) is 17.7 Å². The monoisotopic (exact) mass is 476 g/mol. The van der Waals surface area contributed by atoms with Crippen molar-refractivity contribution in [2.45, 2.75) is 25.4 Å². The molecule has 5 N–H and O–H groups in total. The summed E-state index contributed by atoms with van der Waals surface area (Å²) in [6.45, 7) is -0.171. The Morgan fingerprint density at radius 2 is 2.00 bits per heavy atom. The molecule has 1 aromatic heterocycles. The van der Waals surface area contributed by atoms with Gasteiger partial charge in [0.2, 0.25) is 0 Å². The molecule has 0 saturated heterocycles. The van der Waals surface area contributed by atoms with E-state index in [1.54, 1.807) is 24.3 Å². The highest BCUT2D eigenvalue weighted by molar-refractivity contribution is 6.03. The predicted octanol–water partition coefficient (Wildman–Crippen LogP) is 2.96. The number of nitrogens with one attached hydrogen (secondary N) is 1. The van der Waals surface area contributed by atoms with Crippen LogP contribution in [0.25, 0.3) is 11.3 Å². The van der Waals surface area contributed by atoms with Gasteiger partial charge in [0.05, 0.1) is 23.3 Å². The van der Waals surface area contributed by atoms with Crippen LogP contribution < -0.4 is 21.5 Å². The molecule has 0 spiro atoms. The van der Waals surface area contributed by atoms with E-state index in [0.717, 1.165) is 22.9 Å². The maximum Gasteiger partial charge on any atom is 0.255 e. The maximum absolute atomic E-state index is 13.7. The molecule has 1 heterocycles. The highest BCUT2D eigenvalue weighted by atomic mass is 19.3. The average molecular weight is 476 g/mol. The minimum absolute atomic E-state index is 0.0150. The lowest BCUT2D eigenvalue weighted by molar-refractivity contribution is 0.0938. The molecular weight excluding hydrogens is 451 g/mol. The Labute approximate surface area is 196 Å². The Morgan fingerprint density at radius 3 is 2.62 bits per heavy atom. The Bertz CT molecular complexity index is 1360. The van der Waals surface area contributed by atoms with Gasteiger partial charge in [-0.1, -0.05) is 24.3 Å². The first-order valence-corrected chi connectivity index (χ1v) is 10.1. The summed E-state index contributed by atoms with van der Waals surface area (Å²) in [5.74, 6) is -6.48. The molecule has 1 unspecified atom stereocenters. The second kappa shape index (κ2) is 8.73. The average Bonchev–Trinajstić information content (AvgIpc) is 3.27. The number of methoxy groups -OCH3 is 1. The van der Waals surface area contributed by atoms with Crippen molar-refractivity contribution in [2.24, 2.45) is 11.7 Å². The lowest BCUT2D eigenvalue weighted by Gasteiger charge is -2.10. The number of benzene rings is 2. The molecule has 8 nitrogen and oxygen atoms in total. The Morgan fingerprint density at radius 1 is 1.29 bits per heavy atom. The number of carbonyl (C=O) groups is 2. The van der Waals surface area contributed by atoms with Crippen molar-refractivity contribution in [1.29, 1.82) is 0 Å². The highest BCUT2D eigenvalue weighted by Gasteiger charge is 2.57. The number of nitrogens with zero attached hydrogens (tertiary/aromatic N) is 2. The number of anilines is 1. The Hall–Kier alpha value is -4.02. The molecule has 1 fully saturated rings. The summed E-state index contributed by atoms with van der Waals surface area (Å²) in [6, 6.07) is 9.27. The molecule has 1 aliphatic carbocycles. The number of halogens is 3. The molecule has 11 heteroatoms. The van der Waals surface area contributed by atoms with Crippen molar-refractivity contribution < 1.29 is 31.6 Å². The summed E-state index contributed by atoms with van der Waals surface area (Å²) in [6.07, 6.45) is -0.284. The van der Waals surface area contributed by atoms with Crippen LogP contribution in [0.15, 0.2) is 42.5 Å². The summed E-state index contributed by atoms with van der Waals surface area (Å²) < 4.78 is 67.9. The van der Waals surface area contributed by atoms with E-state index in [2.05, 4.69) is 10.4 Å². The quantitative estimate of drug-likeness (QED) is 0.461. The second-order valence-electron chi connectivity index (χ2n) is 7.94. The van der Waals surface area contributed by atoms with E-state index in [4.69, 9.17) is 20.3 Å². The smallest absolute Gasteiger partial charge is 0.255 e. The number of ether oxygens (including phenoxy) is 1. The van der Waals surface area contributed by atoms with E-state index in [1.807, 2.05) is 0 Å². The van der Waals surface area contributed by atoms with Gasteiger partial charge in [-0.3, -0.25) is 9.59 Å². The van der Waals surface area contributed by atoms with E-state index < -0.39 is 36.5 Å². The first-order chi connectivity index (χ1) is 17.2. The largest absolute Gasteiger partial charge is 0.496 e. The molecule has 0 radical (unpaired) electrons. The summed E-state index contributed by atoms with van der Waals surface area (Å²) in [5.41, 5.74) is 12.2. The molecule has 34 heavy (non-hydrogen) atoms. The van der Waals surface area contributed by atoms with Crippen LogP contribution in [0.3, 0.4) is 0 Å². The Balaban J connectivity index is 1.49. The molecule has 178 valence electrons. The first-order valence-electron chi connectivity index (χ1n) is 11.6. The number of hydrogen-bond acceptors (Lipinski definition) is 5. The molecule has 0 bridgehead atoms. The van der Waals surface area contributed by atoms with Gasteiger partial charge in [-0.25, -0.2) is 17.9 Å². The number of aromatic nitrogens is 2. The van der Waals surface area contributed by atoms with Crippen LogP contribution in [0.5, 0.6) is 5.75 Å². The van der Waals surface area contributed by atoms with Crippen LogP contribution >= 0.6 is 0 Å². The fourth-order valence-corrected chi connectivity index (χ4v) is 3.56. The van der Waals surface area contributed by atoms with E-state index in [1.165, 1.54) is 0 Å². The zero-order chi connectivity index (χ0) is 27.1. The van der Waals surface area contributed by atoms with Gasteiger partial charge < -0.3 is 21.5 Å². The van der Waals surface area contributed by atoms with Gasteiger partial charge in [-0.05, 0) is 23.8 Å². The third-order valence-electron chi connectivity index (χ3n) is 5.56. The van der Waals surface area contributed by atoms with Crippen molar-refractivity contribution in [2.75, 3.05) is 12.8 Å². The van der Waals surface area contributed by atoms with Crippen molar-refractivity contribution in [3.8, 4) is 17.0 Å². The molecule has 2 aromatic carbocycles. The number of nitrogens with two attached hydrogens (primary N) is 2. The van der Waals surface area contributed by atoms with Gasteiger partial charge in [0.1, 0.15) is 28.6 Å². The summed E-state index contributed by atoms with van der Waals surface area (Å²) >= 11 is 0. The number of rotatable bonds is 8. The van der Waals surface area contributed by atoms with Crippen LogP contribution in [-0.2, 0) is 13.1 Å². The number of carbonyl (C=O) groups excluding carboxylic acids is 2. The standard InChI is InChI=1S/C23H22F3N5O3/c1-34-17-7-6-15(24)8-16(17)22(33)29-10-12-2-4-13(5-3-12)19-18(21(28)32)20(27)31(30-19)11-14-9-23(14,25)26/h2-8,14H,9-11,27H2,1H3,(H2,28,32)(H,29,33)/i1D3. The Kier molecular flexibility index (Phi) is 4.99. The highest BCUT2D eigenvalue weighted by Crippen LogP contribution is 2.49. The van der Waals surface area contributed by atoms with Crippen molar-refractivity contribution in [3.05, 3.63) is 65.0 Å². The van der Waals surface area contributed by atoms with Crippen LogP contribution in [-0.4, -0.2) is 34.6 Å². The number of primary amides is 1. The van der Waals surface area contributed by atoms with Gasteiger partial charge in [-0.2, -0.15) is 5.10 Å². The van der Waals surface area contributed by atoms with Crippen LogP contribution in [0.2, 0.25) is 0 Å². The second-order valence-corrected chi connectivity index (χ2v) is 7.94. The topological polar surface area (TPSA) is 125 Å². The van der Waals surface area contributed by atoms with Gasteiger partial charge >= 0.3 is 0 Å². The molecule has 1 saturated carbocycles. The normalized spacial score (nSPS) is 17.9. The number of amides is 2. The fraction of sp³-hybridized carbons (Fsp3) is 0.261. The van der Waals surface area contributed by atoms with Gasteiger partial charge in [-0.15, -0.1) is 0 Å². The van der Waals surface area contributed by atoms with Crippen molar-refractivity contribution >= 4 is 17.6 Å². The minimum atomic E-state index is -2.83. The van der Waals surface area contributed by atoms with Gasteiger partial charge in [0.15, 0.2) is 0 Å². The van der Waals surface area contributed by atoms with Crippen molar-refractivity contribution in [1.82, 2.24) is 15.1 Å². The lowest BCUT2D eigenvalue weighted by Crippen LogP contribution is -2.23. The van der Waals surface area contributed by atoms with E-state index in [9.17, 15) is 22.8 Å². The molecule has 0 aliphatic heterocycles. The van der Waals surface area contributed by atoms with Crippen molar-refractivity contribution in [3.63, 3.8) is 0 Å². The molecule has 3 aromatic rings. The van der Waals surface area contributed by atoms with Crippen LogP contribution in [0.1, 0.15) is 36.8 Å². The third kappa shape index (κ3) is 4.54. The van der Waals surface area contributed by atoms with E-state index in [0.29, 0.717) is 11.1 Å². The SMILES string of the molecule is [2H]C([2H])([2H])Oc1ccc(F)cc1C(=O)NCc1ccc(-c2nn(CC3CC3(F)F)c(N)c2C(N)=O)cc1. The predicted molar refractivity (Wildman–Crippen MR) is 118 cm³/mol. The van der Waals surface area contributed by atoms with Crippen LogP contribution in [0, 0.1) is 11.7 Å². The first kappa shape index (κ1) is 19.4. The molecular formula is C23H22F3N5O3. The molecule has 1 aliphatic rings. The summed E-state index contributed by atoms with van der Waals surface area (Å²) in [7, 11) is -2.83. The minimum Gasteiger partial charge on any atom is -0.496 e. The molecule has 4 rings (SSSR count).